The fourth-order valence-corrected chi connectivity index (χ4v) is 4.29. The molecule has 0 spiro atoms. The van der Waals surface area contributed by atoms with Crippen molar-refractivity contribution in [2.75, 3.05) is 11.1 Å². The molecule has 0 unspecified atom stereocenters. The summed E-state index contributed by atoms with van der Waals surface area (Å²) in [6.07, 6.45) is 3.71. The van der Waals surface area contributed by atoms with E-state index in [0.717, 1.165) is 29.3 Å². The van der Waals surface area contributed by atoms with Crippen molar-refractivity contribution in [1.29, 1.82) is 5.26 Å². The summed E-state index contributed by atoms with van der Waals surface area (Å²) in [7, 11) is 0. The highest BCUT2D eigenvalue weighted by atomic mass is 32.2. The summed E-state index contributed by atoms with van der Waals surface area (Å²) in [6, 6.07) is 15.2. The van der Waals surface area contributed by atoms with Gasteiger partial charge in [0.1, 0.15) is 5.76 Å². The maximum atomic E-state index is 13.1. The summed E-state index contributed by atoms with van der Waals surface area (Å²) >= 11 is 1.62. The van der Waals surface area contributed by atoms with Gasteiger partial charge >= 0.3 is 0 Å². The number of unbranched alkanes of at least 4 members (excludes halogenated alkanes) is 1. The minimum Gasteiger partial charge on any atom is -0.468 e. The van der Waals surface area contributed by atoms with E-state index in [1.54, 1.807) is 24.1 Å². The van der Waals surface area contributed by atoms with Crippen LogP contribution in [0.5, 0.6) is 0 Å². The molecule has 1 aliphatic rings. The molecule has 6 heteroatoms. The molecular formula is C22H23N3O2S. The van der Waals surface area contributed by atoms with E-state index in [-0.39, 0.29) is 5.91 Å². The molecule has 0 saturated carbocycles. The molecule has 5 nitrogen and oxygen atoms in total. The SMILES string of the molecule is CCCCSC1=C(C#N)[C@@H](c2ccco2)C(C(=O)Nc2ccccc2)=C(C)N1. The second-order valence-corrected chi connectivity index (χ2v) is 7.59. The summed E-state index contributed by atoms with van der Waals surface area (Å²) in [5.74, 6) is 0.717. The number of nitriles is 1. The summed E-state index contributed by atoms with van der Waals surface area (Å²) in [5.41, 5.74) is 2.44. The van der Waals surface area contributed by atoms with Crippen molar-refractivity contribution in [3.63, 3.8) is 0 Å². The molecule has 0 aliphatic carbocycles. The number of para-hydroxylation sites is 1. The number of rotatable bonds is 7. The minimum absolute atomic E-state index is 0.247. The number of furan rings is 1. The first-order valence-electron chi connectivity index (χ1n) is 9.30. The predicted octanol–water partition coefficient (Wildman–Crippen LogP) is 5.15. The maximum Gasteiger partial charge on any atom is 0.254 e. The summed E-state index contributed by atoms with van der Waals surface area (Å²) in [6.45, 7) is 4.00. The first-order chi connectivity index (χ1) is 13.7. The van der Waals surface area contributed by atoms with Gasteiger partial charge < -0.3 is 15.1 Å². The third-order valence-corrected chi connectivity index (χ3v) is 5.60. The average molecular weight is 394 g/mol. The van der Waals surface area contributed by atoms with Crippen LogP contribution in [0, 0.1) is 11.3 Å². The van der Waals surface area contributed by atoms with E-state index in [4.69, 9.17) is 4.42 Å². The molecule has 2 aromatic rings. The van der Waals surface area contributed by atoms with E-state index in [9.17, 15) is 10.1 Å². The molecule has 1 amide bonds. The van der Waals surface area contributed by atoms with E-state index in [1.807, 2.05) is 43.3 Å². The normalized spacial score (nSPS) is 16.5. The lowest BCUT2D eigenvalue weighted by Gasteiger charge is -2.28. The van der Waals surface area contributed by atoms with E-state index in [1.165, 1.54) is 0 Å². The molecule has 0 bridgehead atoms. The Morgan fingerprint density at radius 3 is 2.71 bits per heavy atom. The van der Waals surface area contributed by atoms with Crippen LogP contribution in [0.25, 0.3) is 0 Å². The standard InChI is InChI=1S/C22H23N3O2S/c1-3-4-13-28-22-17(14-23)20(18-11-8-12-27-18)19(15(2)24-22)21(26)25-16-9-6-5-7-10-16/h5-12,20,24H,3-4,13H2,1-2H3,(H,25,26)/t20-/m0/s1. The number of hydrogen-bond acceptors (Lipinski definition) is 5. The lowest BCUT2D eigenvalue weighted by molar-refractivity contribution is -0.113. The van der Waals surface area contributed by atoms with Gasteiger partial charge in [-0.1, -0.05) is 31.5 Å². The molecule has 3 rings (SSSR count). The maximum absolute atomic E-state index is 13.1. The zero-order valence-corrected chi connectivity index (χ0v) is 16.8. The summed E-state index contributed by atoms with van der Waals surface area (Å²) in [4.78, 5) is 13.1. The molecule has 1 aromatic heterocycles. The van der Waals surface area contributed by atoms with Crippen LogP contribution in [-0.2, 0) is 4.79 Å². The van der Waals surface area contributed by atoms with Crippen molar-refractivity contribution >= 4 is 23.4 Å². The van der Waals surface area contributed by atoms with Crippen LogP contribution in [-0.4, -0.2) is 11.7 Å². The number of nitrogens with zero attached hydrogens (tertiary/aromatic N) is 1. The molecule has 1 aliphatic heterocycles. The Morgan fingerprint density at radius 1 is 1.29 bits per heavy atom. The number of anilines is 1. The molecule has 0 fully saturated rings. The van der Waals surface area contributed by atoms with Gasteiger partial charge in [-0.2, -0.15) is 5.26 Å². The summed E-state index contributed by atoms with van der Waals surface area (Å²) < 4.78 is 5.62. The Hall–Kier alpha value is -2.91. The predicted molar refractivity (Wildman–Crippen MR) is 112 cm³/mol. The Labute approximate surface area is 169 Å². The van der Waals surface area contributed by atoms with Crippen molar-refractivity contribution in [3.05, 3.63) is 76.4 Å². The fourth-order valence-electron chi connectivity index (χ4n) is 3.11. The van der Waals surface area contributed by atoms with Crippen LogP contribution in [0.3, 0.4) is 0 Å². The monoisotopic (exact) mass is 393 g/mol. The quantitative estimate of drug-likeness (QED) is 0.636. The highest BCUT2D eigenvalue weighted by molar-refractivity contribution is 8.03. The van der Waals surface area contributed by atoms with Crippen LogP contribution in [0.1, 0.15) is 38.4 Å². The number of carbonyl (C=O) groups is 1. The molecular weight excluding hydrogens is 370 g/mol. The first kappa shape index (κ1) is 19.8. The van der Waals surface area contributed by atoms with Crippen molar-refractivity contribution in [2.24, 2.45) is 0 Å². The highest BCUT2D eigenvalue weighted by Crippen LogP contribution is 2.41. The number of nitrogens with one attached hydrogen (secondary N) is 2. The molecule has 28 heavy (non-hydrogen) atoms. The first-order valence-corrected chi connectivity index (χ1v) is 10.3. The molecule has 1 aromatic carbocycles. The average Bonchev–Trinajstić information content (AvgIpc) is 3.23. The lowest BCUT2D eigenvalue weighted by atomic mass is 9.85. The van der Waals surface area contributed by atoms with Crippen LogP contribution in [0.2, 0.25) is 0 Å². The number of hydrogen-bond donors (Lipinski definition) is 2. The van der Waals surface area contributed by atoms with Gasteiger partial charge in [0, 0.05) is 11.4 Å². The van der Waals surface area contributed by atoms with Gasteiger partial charge in [-0.05, 0) is 43.4 Å². The highest BCUT2D eigenvalue weighted by Gasteiger charge is 2.36. The van der Waals surface area contributed by atoms with Crippen molar-refractivity contribution < 1.29 is 9.21 Å². The zero-order chi connectivity index (χ0) is 19.9. The van der Waals surface area contributed by atoms with Gasteiger partial charge in [0.2, 0.25) is 0 Å². The molecule has 1 atom stereocenters. The topological polar surface area (TPSA) is 78.1 Å². The van der Waals surface area contributed by atoms with Gasteiger partial charge in [-0.15, -0.1) is 11.8 Å². The van der Waals surface area contributed by atoms with Gasteiger partial charge in [0.25, 0.3) is 5.91 Å². The molecule has 2 heterocycles. The molecule has 2 N–H and O–H groups in total. The van der Waals surface area contributed by atoms with Crippen LogP contribution < -0.4 is 10.6 Å². The Kier molecular flexibility index (Phi) is 6.62. The van der Waals surface area contributed by atoms with Gasteiger partial charge in [0.15, 0.2) is 0 Å². The second-order valence-electron chi connectivity index (χ2n) is 6.49. The number of amides is 1. The Balaban J connectivity index is 1.97. The lowest BCUT2D eigenvalue weighted by Crippen LogP contribution is -2.30. The van der Waals surface area contributed by atoms with E-state index in [2.05, 4.69) is 23.6 Å². The largest absolute Gasteiger partial charge is 0.468 e. The van der Waals surface area contributed by atoms with Crippen molar-refractivity contribution in [2.45, 2.75) is 32.6 Å². The van der Waals surface area contributed by atoms with Gasteiger partial charge in [0.05, 0.1) is 34.4 Å². The third kappa shape index (κ3) is 4.32. The molecule has 144 valence electrons. The zero-order valence-electron chi connectivity index (χ0n) is 16.0. The number of carbonyl (C=O) groups excluding carboxylic acids is 1. The van der Waals surface area contributed by atoms with E-state index in [0.29, 0.717) is 22.6 Å². The number of benzene rings is 1. The van der Waals surface area contributed by atoms with Gasteiger partial charge in [-0.25, -0.2) is 0 Å². The van der Waals surface area contributed by atoms with Crippen LogP contribution >= 0.6 is 11.8 Å². The van der Waals surface area contributed by atoms with Crippen molar-refractivity contribution in [1.82, 2.24) is 5.32 Å². The van der Waals surface area contributed by atoms with E-state index >= 15 is 0 Å². The van der Waals surface area contributed by atoms with Crippen LogP contribution in [0.4, 0.5) is 5.69 Å². The van der Waals surface area contributed by atoms with Crippen LogP contribution in [0.15, 0.2) is 75.0 Å². The molecule has 0 radical (unpaired) electrons. The number of dihydropyridines is 1. The second kappa shape index (κ2) is 9.34. The van der Waals surface area contributed by atoms with Crippen molar-refractivity contribution in [3.8, 4) is 6.07 Å². The minimum atomic E-state index is -0.533. The summed E-state index contributed by atoms with van der Waals surface area (Å²) in [5, 5.41) is 16.9. The number of allylic oxidation sites excluding steroid dienone is 2. The Bertz CT molecular complexity index is 924. The van der Waals surface area contributed by atoms with E-state index < -0.39 is 5.92 Å². The third-order valence-electron chi connectivity index (χ3n) is 4.50. The smallest absolute Gasteiger partial charge is 0.254 e. The van der Waals surface area contributed by atoms with Gasteiger partial charge in [-0.3, -0.25) is 4.79 Å². The Morgan fingerprint density at radius 2 is 2.07 bits per heavy atom. The number of thioether (sulfide) groups is 1. The fraction of sp³-hybridized carbons (Fsp3) is 0.273. The molecule has 0 saturated heterocycles.